The van der Waals surface area contributed by atoms with Crippen LogP contribution >= 0.6 is 9.85 Å². The molecule has 0 aliphatic heterocycles. The Bertz CT molecular complexity index is 406. The Morgan fingerprint density at radius 3 is 2.47 bits per heavy atom. The topological polar surface area (TPSA) is 0 Å². The van der Waals surface area contributed by atoms with Crippen molar-refractivity contribution < 1.29 is 15.3 Å². The molecule has 0 amide bonds. The van der Waals surface area contributed by atoms with Crippen molar-refractivity contribution in [2.75, 3.05) is 0 Å². The van der Waals surface area contributed by atoms with Gasteiger partial charge in [-0.1, -0.05) is 0 Å². The zero-order valence-corrected chi connectivity index (χ0v) is 12.4. The van der Waals surface area contributed by atoms with Gasteiger partial charge in [0.2, 0.25) is 0 Å². The standard InChI is InChI=1S/C12H15Si.ClH.V/c1-13(2,3)12-8-10-6-4-5-7-11(10)9-12;;/h4-9H,1-3H3;1H;/q;;+1/p-1. The maximum atomic E-state index is 6.21. The van der Waals surface area contributed by atoms with Crippen LogP contribution in [0.15, 0.2) is 29.5 Å². The molecule has 0 spiro atoms. The van der Waals surface area contributed by atoms with Gasteiger partial charge in [-0.2, -0.15) is 0 Å². The second-order valence-corrected chi connectivity index (χ2v) is 12.0. The van der Waals surface area contributed by atoms with Crippen LogP contribution in [-0.4, -0.2) is 8.07 Å². The zero-order valence-electron chi connectivity index (χ0n) is 9.29. The molecule has 1 aromatic rings. The number of fused-ring (bicyclic) bond motifs is 1. The molecule has 0 bridgehead atoms. The van der Waals surface area contributed by atoms with E-state index >= 15 is 0 Å². The Labute approximate surface area is 104 Å². The van der Waals surface area contributed by atoms with Crippen LogP contribution in [-0.2, 0) is 15.3 Å². The van der Waals surface area contributed by atoms with E-state index in [0.717, 1.165) is 0 Å². The number of hydrogen-bond donors (Lipinski definition) is 0. The van der Waals surface area contributed by atoms with Crippen molar-refractivity contribution >= 4 is 24.0 Å². The van der Waals surface area contributed by atoms with Gasteiger partial charge in [0.05, 0.1) is 0 Å². The van der Waals surface area contributed by atoms with Gasteiger partial charge in [-0.3, -0.25) is 0 Å². The molecule has 1 unspecified atom stereocenters. The summed E-state index contributed by atoms with van der Waals surface area (Å²) in [6.07, 6.45) is 2.39. The van der Waals surface area contributed by atoms with Gasteiger partial charge in [0.1, 0.15) is 0 Å². The van der Waals surface area contributed by atoms with E-state index < -0.39 is 8.07 Å². The number of rotatable bonds is 2. The molecule has 0 fully saturated rings. The average molecular weight is 274 g/mol. The van der Waals surface area contributed by atoms with E-state index in [1.807, 2.05) is 0 Å². The van der Waals surface area contributed by atoms with Gasteiger partial charge in [0, 0.05) is 0 Å². The predicted molar refractivity (Wildman–Crippen MR) is 66.4 cm³/mol. The first kappa shape index (κ1) is 11.5. The molecule has 0 saturated heterocycles. The van der Waals surface area contributed by atoms with Crippen LogP contribution in [0.5, 0.6) is 0 Å². The van der Waals surface area contributed by atoms with E-state index in [1.165, 1.54) is 11.1 Å². The second kappa shape index (κ2) is 4.14. The van der Waals surface area contributed by atoms with Crippen LogP contribution < -0.4 is 0 Å². The van der Waals surface area contributed by atoms with E-state index in [0.29, 0.717) is 4.63 Å². The van der Waals surface area contributed by atoms with Gasteiger partial charge < -0.3 is 0 Å². The molecule has 1 atom stereocenters. The summed E-state index contributed by atoms with van der Waals surface area (Å²) >= 11 is -0.110. The molecule has 0 heterocycles. The molecule has 2 rings (SSSR count). The maximum absolute atomic E-state index is 6.21. The molecular weight excluding hydrogens is 259 g/mol. The normalized spacial score (nSPS) is 19.7. The van der Waals surface area contributed by atoms with Crippen molar-refractivity contribution in [1.82, 2.24) is 0 Å². The first-order valence-electron chi connectivity index (χ1n) is 5.16. The van der Waals surface area contributed by atoms with Crippen LogP contribution in [0.25, 0.3) is 6.08 Å². The average Bonchev–Trinajstić information content (AvgIpc) is 2.55. The van der Waals surface area contributed by atoms with Crippen molar-refractivity contribution in [1.29, 1.82) is 0 Å². The summed E-state index contributed by atoms with van der Waals surface area (Å²) in [7, 11) is 5.01. The van der Waals surface area contributed by atoms with Crippen LogP contribution in [0.3, 0.4) is 0 Å². The van der Waals surface area contributed by atoms with E-state index in [-0.39, 0.29) is 15.3 Å². The molecule has 79 valence electrons. The number of hydrogen-bond acceptors (Lipinski definition) is 0. The van der Waals surface area contributed by atoms with E-state index in [9.17, 15) is 0 Å². The van der Waals surface area contributed by atoms with Crippen molar-refractivity contribution in [3.05, 3.63) is 40.6 Å². The summed E-state index contributed by atoms with van der Waals surface area (Å²) in [5, 5.41) is 1.64. The molecule has 1 aliphatic rings. The minimum atomic E-state index is -1.21. The quantitative estimate of drug-likeness (QED) is 0.707. The van der Waals surface area contributed by atoms with Gasteiger partial charge >= 0.3 is 104 Å². The van der Waals surface area contributed by atoms with E-state index in [4.69, 9.17) is 9.85 Å². The molecule has 3 heteroatoms. The number of allylic oxidation sites excluding steroid dienone is 1. The first-order valence-corrected chi connectivity index (χ1v) is 11.4. The van der Waals surface area contributed by atoms with E-state index in [1.54, 1.807) is 5.20 Å². The molecule has 0 N–H and O–H groups in total. The number of benzene rings is 1. The summed E-state index contributed by atoms with van der Waals surface area (Å²) in [4.78, 5) is 0. The van der Waals surface area contributed by atoms with Crippen LogP contribution in [0.4, 0.5) is 0 Å². The molecule has 1 aliphatic carbocycles. The molecule has 0 aromatic heterocycles. The van der Waals surface area contributed by atoms with Crippen molar-refractivity contribution in [2.24, 2.45) is 0 Å². The Balaban J connectivity index is 2.48. The predicted octanol–water partition coefficient (Wildman–Crippen LogP) is 4.24. The molecule has 0 saturated carbocycles. The van der Waals surface area contributed by atoms with Gasteiger partial charge in [0.15, 0.2) is 0 Å². The van der Waals surface area contributed by atoms with Crippen LogP contribution in [0.1, 0.15) is 15.8 Å². The third-order valence-electron chi connectivity index (χ3n) is 2.86. The first-order chi connectivity index (χ1) is 7.04. The van der Waals surface area contributed by atoms with Crippen LogP contribution in [0.2, 0.25) is 19.6 Å². The third kappa shape index (κ3) is 2.12. The fourth-order valence-electron chi connectivity index (χ4n) is 2.04. The minimum absolute atomic E-state index is 0.110. The Hall–Kier alpha value is 0.0513. The number of halogens is 1. The molecule has 0 radical (unpaired) electrons. The summed E-state index contributed by atoms with van der Waals surface area (Å²) in [6.45, 7) is 7.22. The Kier molecular flexibility index (Phi) is 3.18. The monoisotopic (exact) mass is 273 g/mol. The van der Waals surface area contributed by atoms with E-state index in [2.05, 4.69) is 50.0 Å². The van der Waals surface area contributed by atoms with Gasteiger partial charge in [-0.15, -0.1) is 0 Å². The van der Waals surface area contributed by atoms with Crippen molar-refractivity contribution in [3.8, 4) is 0 Å². The SMILES string of the molecule is C[Si](C)(C)C1=Cc2ccccc2[CH]1[V][Cl]. The Morgan fingerprint density at radius 1 is 1.20 bits per heavy atom. The Morgan fingerprint density at radius 2 is 1.87 bits per heavy atom. The van der Waals surface area contributed by atoms with Gasteiger partial charge in [-0.25, -0.2) is 0 Å². The second-order valence-electron chi connectivity index (χ2n) is 4.98. The summed E-state index contributed by atoms with van der Waals surface area (Å²) in [5.74, 6) is 0. The van der Waals surface area contributed by atoms with Gasteiger partial charge in [0.25, 0.3) is 0 Å². The summed E-state index contributed by atoms with van der Waals surface area (Å²) < 4.78 is 0.561. The molecular formula is C12H15ClSiV. The molecule has 15 heavy (non-hydrogen) atoms. The van der Waals surface area contributed by atoms with Crippen molar-refractivity contribution in [3.63, 3.8) is 0 Å². The van der Waals surface area contributed by atoms with Crippen LogP contribution in [0, 0.1) is 0 Å². The summed E-state index contributed by atoms with van der Waals surface area (Å²) in [5.41, 5.74) is 2.86. The van der Waals surface area contributed by atoms with Crippen molar-refractivity contribution in [2.45, 2.75) is 24.3 Å². The fraction of sp³-hybridized carbons (Fsp3) is 0.333. The zero-order chi connectivity index (χ0) is 11.1. The fourth-order valence-corrected chi connectivity index (χ4v) is 7.70. The third-order valence-corrected chi connectivity index (χ3v) is 7.39. The summed E-state index contributed by atoms with van der Waals surface area (Å²) in [6, 6.07) is 8.69. The molecule has 0 nitrogen and oxygen atoms in total. The van der Waals surface area contributed by atoms with Gasteiger partial charge in [-0.05, 0) is 0 Å². The molecule has 1 aromatic carbocycles.